The van der Waals surface area contributed by atoms with Crippen molar-refractivity contribution in [2.75, 3.05) is 20.2 Å². The molecule has 0 radical (unpaired) electrons. The molecule has 0 saturated carbocycles. The Morgan fingerprint density at radius 2 is 1.82 bits per heavy atom. The van der Waals surface area contributed by atoms with Gasteiger partial charge in [-0.3, -0.25) is 4.79 Å². The van der Waals surface area contributed by atoms with E-state index in [1.54, 1.807) is 19.1 Å². The predicted octanol–water partition coefficient (Wildman–Crippen LogP) is 1.03. The highest BCUT2D eigenvalue weighted by Crippen LogP contribution is 2.00. The van der Waals surface area contributed by atoms with Gasteiger partial charge >= 0.3 is 18.1 Å². The largest absolute Gasteiger partial charge is 0.465 e. The van der Waals surface area contributed by atoms with Gasteiger partial charge < -0.3 is 14.8 Å². The Balaban J connectivity index is 2.51. The molecule has 8 nitrogen and oxygen atoms in total. The minimum Gasteiger partial charge on any atom is -0.465 e. The van der Waals surface area contributed by atoms with E-state index in [1.165, 1.54) is 7.05 Å². The van der Waals surface area contributed by atoms with Gasteiger partial charge in [-0.2, -0.15) is 0 Å². The third kappa shape index (κ3) is 6.12. The van der Waals surface area contributed by atoms with Crippen LogP contribution in [0.2, 0.25) is 0 Å². The van der Waals surface area contributed by atoms with Gasteiger partial charge in [0.25, 0.3) is 0 Å². The standard InChI is InChI=1S/C14H19N3O5/c1-3-21-12(18)9-17(13(19)15-2)16-14(20)22-10-11-7-5-4-6-8-11/h4-8H,3,9-10H2,1-2H3,(H,15,19)(H,16,20). The van der Waals surface area contributed by atoms with E-state index in [4.69, 9.17) is 9.47 Å². The second-order valence-corrected chi connectivity index (χ2v) is 4.12. The molecule has 0 heterocycles. The molecule has 0 fully saturated rings. The van der Waals surface area contributed by atoms with Crippen LogP contribution in [-0.4, -0.2) is 43.3 Å². The molecule has 0 unspecified atom stereocenters. The van der Waals surface area contributed by atoms with E-state index < -0.39 is 24.6 Å². The number of carbonyl (C=O) groups is 3. The zero-order valence-corrected chi connectivity index (χ0v) is 12.5. The molecule has 2 N–H and O–H groups in total. The minimum absolute atomic E-state index is 0.0493. The van der Waals surface area contributed by atoms with Crippen LogP contribution in [0.25, 0.3) is 0 Å². The van der Waals surface area contributed by atoms with Gasteiger partial charge in [0.05, 0.1) is 6.61 Å². The Kier molecular flexibility index (Phi) is 7.24. The van der Waals surface area contributed by atoms with Crippen molar-refractivity contribution in [2.24, 2.45) is 0 Å². The molecule has 0 saturated heterocycles. The summed E-state index contributed by atoms with van der Waals surface area (Å²) < 4.78 is 9.70. The fourth-order valence-electron chi connectivity index (χ4n) is 1.50. The second kappa shape index (κ2) is 9.22. The number of rotatable bonds is 5. The molecule has 1 aromatic rings. The number of urea groups is 1. The number of benzene rings is 1. The monoisotopic (exact) mass is 309 g/mol. The summed E-state index contributed by atoms with van der Waals surface area (Å²) in [6.07, 6.45) is -0.850. The number of nitrogens with one attached hydrogen (secondary N) is 2. The van der Waals surface area contributed by atoms with Crippen LogP contribution < -0.4 is 10.7 Å². The van der Waals surface area contributed by atoms with E-state index in [2.05, 4.69) is 10.7 Å². The van der Waals surface area contributed by atoms with Crippen molar-refractivity contribution in [1.82, 2.24) is 15.8 Å². The summed E-state index contributed by atoms with van der Waals surface area (Å²) in [5, 5.41) is 3.08. The zero-order valence-electron chi connectivity index (χ0n) is 12.5. The first-order valence-electron chi connectivity index (χ1n) is 6.69. The predicted molar refractivity (Wildman–Crippen MR) is 77.6 cm³/mol. The van der Waals surface area contributed by atoms with E-state index in [0.29, 0.717) is 0 Å². The number of carbonyl (C=O) groups excluding carboxylic acids is 3. The van der Waals surface area contributed by atoms with Crippen molar-refractivity contribution in [2.45, 2.75) is 13.5 Å². The fraction of sp³-hybridized carbons (Fsp3) is 0.357. The number of hydrazine groups is 1. The van der Waals surface area contributed by atoms with Crippen molar-refractivity contribution in [3.63, 3.8) is 0 Å². The zero-order chi connectivity index (χ0) is 16.4. The molecule has 0 aromatic heterocycles. The Labute approximate surface area is 128 Å². The molecule has 8 heteroatoms. The van der Waals surface area contributed by atoms with Crippen LogP contribution in [0.15, 0.2) is 30.3 Å². The van der Waals surface area contributed by atoms with Gasteiger partial charge in [0.2, 0.25) is 0 Å². The first-order chi connectivity index (χ1) is 10.6. The maximum absolute atomic E-state index is 11.7. The van der Waals surface area contributed by atoms with Crippen molar-refractivity contribution in [3.8, 4) is 0 Å². The third-order valence-electron chi connectivity index (χ3n) is 2.49. The molecule has 0 bridgehead atoms. The Morgan fingerprint density at radius 1 is 1.14 bits per heavy atom. The quantitative estimate of drug-likeness (QED) is 0.625. The molecule has 1 rings (SSSR count). The molecular weight excluding hydrogens is 290 g/mol. The lowest BCUT2D eigenvalue weighted by Crippen LogP contribution is -2.52. The highest BCUT2D eigenvalue weighted by atomic mass is 16.6. The van der Waals surface area contributed by atoms with Gasteiger partial charge in [0.1, 0.15) is 13.2 Å². The van der Waals surface area contributed by atoms with Gasteiger partial charge in [-0.15, -0.1) is 0 Å². The van der Waals surface area contributed by atoms with Gasteiger partial charge in [0, 0.05) is 7.05 Å². The molecule has 120 valence electrons. The average molecular weight is 309 g/mol. The lowest BCUT2D eigenvalue weighted by atomic mass is 10.2. The van der Waals surface area contributed by atoms with Crippen LogP contribution >= 0.6 is 0 Å². The molecule has 3 amide bonds. The smallest absolute Gasteiger partial charge is 0.426 e. The summed E-state index contributed by atoms with van der Waals surface area (Å²) in [6, 6.07) is 8.40. The first kappa shape index (κ1) is 17.3. The van der Waals surface area contributed by atoms with E-state index in [-0.39, 0.29) is 13.2 Å². The van der Waals surface area contributed by atoms with E-state index in [1.807, 2.05) is 18.2 Å². The summed E-state index contributed by atoms with van der Waals surface area (Å²) in [6.45, 7) is 1.45. The number of esters is 1. The van der Waals surface area contributed by atoms with Crippen LogP contribution in [0, 0.1) is 0 Å². The molecule has 0 aliphatic rings. The highest BCUT2D eigenvalue weighted by Gasteiger charge is 2.19. The molecule has 1 aromatic carbocycles. The molecule has 0 spiro atoms. The lowest BCUT2D eigenvalue weighted by molar-refractivity contribution is -0.144. The van der Waals surface area contributed by atoms with Crippen molar-refractivity contribution in [1.29, 1.82) is 0 Å². The van der Waals surface area contributed by atoms with Gasteiger partial charge in [-0.05, 0) is 12.5 Å². The SMILES string of the molecule is CCOC(=O)CN(NC(=O)OCc1ccccc1)C(=O)NC. The Hall–Kier alpha value is -2.77. The number of ether oxygens (including phenoxy) is 2. The average Bonchev–Trinajstić information content (AvgIpc) is 2.52. The lowest BCUT2D eigenvalue weighted by Gasteiger charge is -2.21. The van der Waals surface area contributed by atoms with E-state index in [9.17, 15) is 14.4 Å². The number of nitrogens with zero attached hydrogens (tertiary/aromatic N) is 1. The van der Waals surface area contributed by atoms with E-state index >= 15 is 0 Å². The molecule has 22 heavy (non-hydrogen) atoms. The van der Waals surface area contributed by atoms with Crippen LogP contribution in [0.4, 0.5) is 9.59 Å². The maximum Gasteiger partial charge on any atom is 0.426 e. The summed E-state index contributed by atoms with van der Waals surface area (Å²) in [5.41, 5.74) is 2.99. The second-order valence-electron chi connectivity index (χ2n) is 4.12. The van der Waals surface area contributed by atoms with Crippen molar-refractivity contribution in [3.05, 3.63) is 35.9 Å². The Bertz CT molecular complexity index is 506. The summed E-state index contributed by atoms with van der Waals surface area (Å²) >= 11 is 0. The number of hydrogen-bond donors (Lipinski definition) is 2. The minimum atomic E-state index is -0.850. The fourth-order valence-corrected chi connectivity index (χ4v) is 1.50. The maximum atomic E-state index is 11.7. The number of amides is 3. The number of hydrogen-bond acceptors (Lipinski definition) is 5. The molecule has 0 atom stereocenters. The summed E-state index contributed by atoms with van der Waals surface area (Å²) in [4.78, 5) is 34.7. The molecule has 0 aliphatic carbocycles. The van der Waals surface area contributed by atoms with Crippen LogP contribution in [-0.2, 0) is 20.9 Å². The van der Waals surface area contributed by atoms with Crippen LogP contribution in [0.5, 0.6) is 0 Å². The third-order valence-corrected chi connectivity index (χ3v) is 2.49. The molecule has 0 aliphatic heterocycles. The molecular formula is C14H19N3O5. The van der Waals surface area contributed by atoms with Gasteiger partial charge in [-0.1, -0.05) is 30.3 Å². The van der Waals surface area contributed by atoms with E-state index in [0.717, 1.165) is 10.6 Å². The first-order valence-corrected chi connectivity index (χ1v) is 6.69. The topological polar surface area (TPSA) is 97.0 Å². The van der Waals surface area contributed by atoms with Crippen LogP contribution in [0.1, 0.15) is 12.5 Å². The van der Waals surface area contributed by atoms with Crippen molar-refractivity contribution >= 4 is 18.1 Å². The summed E-state index contributed by atoms with van der Waals surface area (Å²) in [5.74, 6) is -0.644. The normalized spacial score (nSPS) is 9.55. The van der Waals surface area contributed by atoms with Gasteiger partial charge in [-0.25, -0.2) is 20.0 Å². The Morgan fingerprint density at radius 3 is 2.41 bits per heavy atom. The van der Waals surface area contributed by atoms with Crippen molar-refractivity contribution < 1.29 is 23.9 Å². The summed E-state index contributed by atoms with van der Waals surface area (Å²) in [7, 11) is 1.37. The van der Waals surface area contributed by atoms with Gasteiger partial charge in [0.15, 0.2) is 0 Å². The van der Waals surface area contributed by atoms with Crippen LogP contribution in [0.3, 0.4) is 0 Å². The highest BCUT2D eigenvalue weighted by molar-refractivity contribution is 5.82.